The molecule has 0 bridgehead atoms. The Bertz CT molecular complexity index is 896. The van der Waals surface area contributed by atoms with E-state index in [2.05, 4.69) is 0 Å². The van der Waals surface area contributed by atoms with E-state index in [9.17, 15) is 15.0 Å². The van der Waals surface area contributed by atoms with Crippen LogP contribution in [0.25, 0.3) is 11.1 Å². The van der Waals surface area contributed by atoms with Crippen molar-refractivity contribution in [2.75, 3.05) is 7.11 Å². The van der Waals surface area contributed by atoms with Gasteiger partial charge < -0.3 is 25.5 Å². The number of aliphatic hydroxyl groups is 1. The lowest BCUT2D eigenvalue weighted by Gasteiger charge is -2.28. The van der Waals surface area contributed by atoms with Gasteiger partial charge in [0.15, 0.2) is 0 Å². The van der Waals surface area contributed by atoms with Gasteiger partial charge in [-0.15, -0.1) is 0 Å². The first-order chi connectivity index (χ1) is 13.9. The first-order valence-electron chi connectivity index (χ1n) is 9.89. The lowest BCUT2D eigenvalue weighted by molar-refractivity contribution is -0.313. The lowest BCUT2D eigenvalue weighted by Crippen LogP contribution is -2.38. The number of amidine groups is 1. The summed E-state index contributed by atoms with van der Waals surface area (Å²) in [5, 5.41) is 29.8. The van der Waals surface area contributed by atoms with Crippen molar-refractivity contribution in [1.82, 2.24) is 0 Å². The average molecular weight is 395 g/mol. The topological polar surface area (TPSA) is 119 Å². The van der Waals surface area contributed by atoms with Crippen molar-refractivity contribution in [2.45, 2.75) is 44.1 Å². The quantitative estimate of drug-likeness (QED) is 0.342. The molecule has 2 aromatic rings. The highest BCUT2D eigenvalue weighted by Crippen LogP contribution is 2.42. The third-order valence-corrected chi connectivity index (χ3v) is 5.70. The minimum Gasteiger partial charge on any atom is -0.550 e. The number of carbonyl (C=O) groups excluding carboxylic acids is 1. The zero-order chi connectivity index (χ0) is 21.0. The van der Waals surface area contributed by atoms with Crippen molar-refractivity contribution in [3.63, 3.8) is 0 Å². The Kier molecular flexibility index (Phi) is 6.54. The highest BCUT2D eigenvalue weighted by atomic mass is 16.5. The number of hydrogen-bond acceptors (Lipinski definition) is 5. The number of benzene rings is 2. The largest absolute Gasteiger partial charge is 0.550 e. The number of carboxylic acids is 1. The molecule has 0 aliphatic heterocycles. The summed E-state index contributed by atoms with van der Waals surface area (Å²) < 4.78 is 5.29. The van der Waals surface area contributed by atoms with Crippen LogP contribution in [0.15, 0.2) is 42.5 Å². The van der Waals surface area contributed by atoms with E-state index in [1.54, 1.807) is 7.11 Å². The molecule has 0 aromatic heterocycles. The number of aliphatic carboxylic acids is 1. The molecule has 0 fully saturated rings. The zero-order valence-electron chi connectivity index (χ0n) is 16.6. The number of methoxy groups -OCH3 is 1. The molecule has 3 atom stereocenters. The predicted octanol–water partition coefficient (Wildman–Crippen LogP) is 2.23. The van der Waals surface area contributed by atoms with Crippen LogP contribution in [0, 0.1) is 11.3 Å². The van der Waals surface area contributed by atoms with Gasteiger partial charge in [-0.05, 0) is 53.6 Å². The van der Waals surface area contributed by atoms with Gasteiger partial charge in [-0.25, -0.2) is 0 Å². The SMILES string of the molecule is COc1cccc(-c2ccc3c(c2)C[C@H](O)[C@H]3[C@@H](CCCCC(=N)N)C(=O)[O-])c1. The van der Waals surface area contributed by atoms with Gasteiger partial charge in [0.2, 0.25) is 0 Å². The van der Waals surface area contributed by atoms with Gasteiger partial charge in [0.25, 0.3) is 0 Å². The second kappa shape index (κ2) is 9.09. The van der Waals surface area contributed by atoms with Crippen LogP contribution in [-0.2, 0) is 11.2 Å². The van der Waals surface area contributed by atoms with Gasteiger partial charge in [0.1, 0.15) is 5.75 Å². The molecule has 0 heterocycles. The second-order valence-electron chi connectivity index (χ2n) is 7.64. The molecule has 6 nitrogen and oxygen atoms in total. The summed E-state index contributed by atoms with van der Waals surface area (Å²) in [5.74, 6) is -1.51. The van der Waals surface area contributed by atoms with Crippen molar-refractivity contribution in [3.8, 4) is 16.9 Å². The first kappa shape index (κ1) is 20.9. The van der Waals surface area contributed by atoms with Crippen LogP contribution in [0.2, 0.25) is 0 Å². The summed E-state index contributed by atoms with van der Waals surface area (Å²) in [6, 6.07) is 13.7. The van der Waals surface area contributed by atoms with Crippen molar-refractivity contribution >= 4 is 11.8 Å². The third kappa shape index (κ3) is 4.77. The van der Waals surface area contributed by atoms with Crippen LogP contribution in [0.3, 0.4) is 0 Å². The monoisotopic (exact) mass is 395 g/mol. The van der Waals surface area contributed by atoms with Crippen LogP contribution in [0.4, 0.5) is 0 Å². The number of hydrogen-bond donors (Lipinski definition) is 3. The van der Waals surface area contributed by atoms with Gasteiger partial charge in [-0.2, -0.15) is 0 Å². The number of fused-ring (bicyclic) bond motifs is 1. The number of nitrogens with one attached hydrogen (secondary N) is 1. The maximum atomic E-state index is 11.8. The van der Waals surface area contributed by atoms with Crippen molar-refractivity contribution in [1.29, 1.82) is 5.41 Å². The molecular weight excluding hydrogens is 368 g/mol. The van der Waals surface area contributed by atoms with Gasteiger partial charge >= 0.3 is 0 Å². The van der Waals surface area contributed by atoms with Crippen LogP contribution in [0.1, 0.15) is 42.7 Å². The van der Waals surface area contributed by atoms with Crippen LogP contribution >= 0.6 is 0 Å². The normalized spacial score (nSPS) is 18.8. The minimum atomic E-state index is -1.14. The van der Waals surface area contributed by atoms with Crippen molar-refractivity contribution < 1.29 is 19.7 Å². The fourth-order valence-corrected chi connectivity index (χ4v) is 4.26. The van der Waals surface area contributed by atoms with Gasteiger partial charge in [-0.1, -0.05) is 36.8 Å². The fourth-order valence-electron chi connectivity index (χ4n) is 4.26. The first-order valence-corrected chi connectivity index (χ1v) is 9.89. The standard InChI is InChI=1S/C23H28N2O4/c1-29-17-6-4-5-14(12-17)15-9-10-18-16(11-15)13-20(26)22(18)19(23(27)28)7-2-3-8-21(24)25/h4-6,9-12,19-20,22,26H,2-3,7-8,13H2,1H3,(H3,24,25)(H,27,28)/p-1/t19-,20+,22-/m1/s1. The zero-order valence-corrected chi connectivity index (χ0v) is 16.6. The molecule has 3 rings (SSSR count). The molecule has 0 saturated carbocycles. The minimum absolute atomic E-state index is 0.103. The number of carbonyl (C=O) groups is 1. The Hall–Kier alpha value is -2.86. The molecule has 0 spiro atoms. The maximum Gasteiger partial charge on any atom is 0.119 e. The van der Waals surface area contributed by atoms with Gasteiger partial charge in [0, 0.05) is 24.2 Å². The van der Waals surface area contributed by atoms with Crippen LogP contribution in [0.5, 0.6) is 5.75 Å². The van der Waals surface area contributed by atoms with Crippen LogP contribution < -0.4 is 15.6 Å². The smallest absolute Gasteiger partial charge is 0.119 e. The van der Waals surface area contributed by atoms with E-state index in [0.29, 0.717) is 32.1 Å². The number of carboxylic acid groups (broad SMARTS) is 1. The summed E-state index contributed by atoms with van der Waals surface area (Å²) in [6.45, 7) is 0. The van der Waals surface area contributed by atoms with E-state index < -0.39 is 23.9 Å². The maximum absolute atomic E-state index is 11.8. The predicted molar refractivity (Wildman–Crippen MR) is 110 cm³/mol. The molecule has 0 unspecified atom stereocenters. The van der Waals surface area contributed by atoms with Crippen molar-refractivity contribution in [2.24, 2.45) is 11.7 Å². The summed E-state index contributed by atoms with van der Waals surface area (Å²) in [7, 11) is 1.62. The van der Waals surface area contributed by atoms with E-state index in [4.69, 9.17) is 15.9 Å². The fraction of sp³-hybridized carbons (Fsp3) is 0.391. The Balaban J connectivity index is 1.82. The summed E-state index contributed by atoms with van der Waals surface area (Å²) in [6.07, 6.45) is 1.81. The Morgan fingerprint density at radius 3 is 2.72 bits per heavy atom. The summed E-state index contributed by atoms with van der Waals surface area (Å²) in [4.78, 5) is 11.8. The Labute approximate surface area is 170 Å². The van der Waals surface area contributed by atoms with E-state index in [-0.39, 0.29) is 5.84 Å². The molecular formula is C23H27N2O4-. The van der Waals surface area contributed by atoms with Gasteiger partial charge in [-0.3, -0.25) is 5.41 Å². The molecule has 0 amide bonds. The summed E-state index contributed by atoms with van der Waals surface area (Å²) >= 11 is 0. The molecule has 29 heavy (non-hydrogen) atoms. The number of nitrogens with two attached hydrogens (primary N) is 1. The van der Waals surface area contributed by atoms with Crippen molar-refractivity contribution in [3.05, 3.63) is 53.6 Å². The molecule has 0 saturated heterocycles. The molecule has 1 aliphatic carbocycles. The number of ether oxygens (including phenoxy) is 1. The van der Waals surface area contributed by atoms with Gasteiger partial charge in [0.05, 0.1) is 19.0 Å². The number of aliphatic hydroxyl groups excluding tert-OH is 1. The van der Waals surface area contributed by atoms with E-state index >= 15 is 0 Å². The van der Waals surface area contributed by atoms with E-state index in [0.717, 1.165) is 28.0 Å². The average Bonchev–Trinajstić information content (AvgIpc) is 3.02. The number of unbranched alkanes of at least 4 members (excludes halogenated alkanes) is 1. The third-order valence-electron chi connectivity index (χ3n) is 5.70. The Morgan fingerprint density at radius 1 is 1.28 bits per heavy atom. The molecule has 6 heteroatoms. The molecule has 0 radical (unpaired) electrons. The highest BCUT2D eigenvalue weighted by molar-refractivity contribution is 5.76. The van der Waals surface area contributed by atoms with E-state index in [1.807, 2.05) is 42.5 Å². The summed E-state index contributed by atoms with van der Waals surface area (Å²) in [5.41, 5.74) is 9.22. The van der Waals surface area contributed by atoms with Crippen LogP contribution in [-0.4, -0.2) is 30.1 Å². The Morgan fingerprint density at radius 2 is 2.03 bits per heavy atom. The molecule has 1 aliphatic rings. The van der Waals surface area contributed by atoms with E-state index in [1.165, 1.54) is 0 Å². The second-order valence-corrected chi connectivity index (χ2v) is 7.64. The molecule has 2 aromatic carbocycles. The number of rotatable bonds is 9. The highest BCUT2D eigenvalue weighted by Gasteiger charge is 2.37. The molecule has 4 N–H and O–H groups in total. The molecule has 154 valence electrons. The lowest BCUT2D eigenvalue weighted by atomic mass is 9.82.